The minimum Gasteiger partial charge on any atom is -0.309 e. The van der Waals surface area contributed by atoms with Crippen LogP contribution in [0.25, 0.3) is 256 Å². The first-order chi connectivity index (χ1) is 68.4. The molecule has 9 aromatic heterocycles. The van der Waals surface area contributed by atoms with Gasteiger partial charge in [-0.2, -0.15) is 0 Å². The third-order valence-electron chi connectivity index (χ3n) is 26.3. The second-order valence-electron chi connectivity index (χ2n) is 34.5. The van der Waals surface area contributed by atoms with Gasteiger partial charge in [-0.3, -0.25) is 0 Å². The summed E-state index contributed by atoms with van der Waals surface area (Å²) in [5, 5.41) is 14.7. The summed E-state index contributed by atoms with van der Waals surface area (Å²) in [5.41, 5.74) is 25.4. The second-order valence-corrected chi connectivity index (χ2v) is 37.7. The fourth-order valence-corrected chi connectivity index (χ4v) is 23.3. The van der Waals surface area contributed by atoms with E-state index in [1.54, 1.807) is 0 Å². The third kappa shape index (κ3) is 14.5. The summed E-state index contributed by atoms with van der Waals surface area (Å²) >= 11 is 5.47. The van der Waals surface area contributed by atoms with Crippen LogP contribution in [0.2, 0.25) is 0 Å². The van der Waals surface area contributed by atoms with E-state index in [0.29, 0.717) is 23.3 Å². The molecule has 10 nitrogen and oxygen atoms in total. The number of para-hydroxylation sites is 7. The number of aromatic nitrogens is 10. The van der Waals surface area contributed by atoms with E-state index in [0.717, 1.165) is 134 Å². The number of rotatable bonds is 13. The van der Waals surface area contributed by atoms with Crippen LogP contribution in [-0.4, -0.2) is 48.6 Å². The van der Waals surface area contributed by atoms with Gasteiger partial charge < -0.3 is 13.7 Å². The highest BCUT2D eigenvalue weighted by atomic mass is 32.1. The van der Waals surface area contributed by atoms with Crippen molar-refractivity contribution in [2.45, 2.75) is 0 Å². The van der Waals surface area contributed by atoms with Gasteiger partial charge in [0.2, 0.25) is 0 Å². The molecule has 13 heteroatoms. The molecule has 0 saturated carbocycles. The van der Waals surface area contributed by atoms with E-state index in [4.69, 9.17) is 34.9 Å². The lowest BCUT2D eigenvalue weighted by Crippen LogP contribution is -2.00. The third-order valence-corrected chi connectivity index (χ3v) is 29.7. The maximum Gasteiger partial charge on any atom is 0.164 e. The SMILES string of the molecule is c1ccc(-c2ccc(-c3nc(-c4ccc5sc6ccccc6c5c4)cc(-c4cccc5c6ccccc6n(-c6ccccc6)c45)n3)cc2)cc1.c1ccc(-c2nc(-c3ccc4c5ccccc5n(-c5ccccc5)c4c3)cc(-c3cccc4sc5ccccc5c34)n2)cc1.c1ccc(-c2nc(-c3ccc4sc5ccccc5c4c3)nc(-c3cccc4c3c3ccccc3n4-c3ccccc3)n2)cc1. The second kappa shape index (κ2) is 34.5. The van der Waals surface area contributed by atoms with Crippen molar-refractivity contribution >= 4 is 160 Å². The van der Waals surface area contributed by atoms with E-state index in [9.17, 15) is 0 Å². The average Bonchev–Trinajstić information content (AvgIpc) is 1.58. The first kappa shape index (κ1) is 81.2. The molecule has 0 spiro atoms. The van der Waals surface area contributed by atoms with Crippen LogP contribution in [0.1, 0.15) is 0 Å². The van der Waals surface area contributed by atoms with Crippen LogP contribution in [0.4, 0.5) is 0 Å². The Balaban J connectivity index is 0.000000107. The predicted octanol–water partition coefficient (Wildman–Crippen LogP) is 33.9. The summed E-state index contributed by atoms with van der Waals surface area (Å²) in [7, 11) is 0. The van der Waals surface area contributed by atoms with Gasteiger partial charge in [-0.25, -0.2) is 34.9 Å². The number of fused-ring (bicyclic) bond motifs is 18. The molecule has 0 radical (unpaired) electrons. The van der Waals surface area contributed by atoms with Crippen molar-refractivity contribution in [1.82, 2.24) is 48.6 Å². The number of hydrogen-bond donors (Lipinski definition) is 0. The van der Waals surface area contributed by atoms with Crippen LogP contribution in [0.3, 0.4) is 0 Å². The predicted molar refractivity (Wildman–Crippen MR) is 580 cm³/mol. The van der Waals surface area contributed by atoms with Gasteiger partial charge >= 0.3 is 0 Å². The molecule has 0 fully saturated rings. The van der Waals surface area contributed by atoms with E-state index < -0.39 is 0 Å². The molecule has 0 aliphatic rings. The van der Waals surface area contributed by atoms with Gasteiger partial charge in [0, 0.05) is 160 Å². The lowest BCUT2D eigenvalue weighted by Gasteiger charge is -2.13. The fraction of sp³-hybridized carbons (Fsp3) is 0. The Morgan fingerprint density at radius 1 is 0.152 bits per heavy atom. The highest BCUT2D eigenvalue weighted by Crippen LogP contribution is 2.47. The highest BCUT2D eigenvalue weighted by molar-refractivity contribution is 7.26. The Kier molecular flexibility index (Phi) is 20.3. The molecular formula is C125H78N10S3. The van der Waals surface area contributed by atoms with E-state index in [1.807, 2.05) is 76.5 Å². The molecule has 646 valence electrons. The van der Waals surface area contributed by atoms with Gasteiger partial charge in [-0.15, -0.1) is 34.0 Å². The van der Waals surface area contributed by atoms with Gasteiger partial charge in [0.15, 0.2) is 29.1 Å². The molecule has 0 saturated heterocycles. The zero-order valence-corrected chi connectivity index (χ0v) is 76.7. The maximum atomic E-state index is 5.34. The van der Waals surface area contributed by atoms with E-state index in [2.05, 4.69) is 444 Å². The van der Waals surface area contributed by atoms with E-state index >= 15 is 0 Å². The fourth-order valence-electron chi connectivity index (χ4n) is 20.0. The molecule has 28 aromatic rings. The summed E-state index contributed by atoms with van der Waals surface area (Å²) in [6, 6.07) is 167. The Hall–Kier alpha value is -17.6. The standard InChI is InChI=1S/C46H29N3S.C40H25N3S.C39H24N4S/c1-3-12-30(13-4-1)31-22-24-32(25-23-31)46-47-40(33-26-27-44-39(28-33)36-17-8-10-21-43(36)50-44)29-41(48-46)38-19-11-18-37-35-16-7-9-20-42(35)49(45(37)38)34-14-5-2-6-15-34;1-3-12-26(13-4-1)40-41-33(25-34(42-40)31-18-11-21-38-39(31)32-17-8-10-20-37(32)44-38)27-22-23-30-29-16-7-9-19-35(29)43(36(30)24-27)28-14-5-2-6-15-28;1-3-12-25(13-4-1)37-40-38(26-22-23-35-31(24-26)28-16-8-10-21-34(28)44-35)42-39(41-37)30-18-11-20-33-36(30)29-17-7-9-19-32(29)43(33)27-14-5-2-6-15-27/h1-29H;1-25H;1-24H. The molecule has 0 atom stereocenters. The quantitative estimate of drug-likeness (QED) is 0.113. The van der Waals surface area contributed by atoms with Crippen LogP contribution in [0.5, 0.6) is 0 Å². The summed E-state index contributed by atoms with van der Waals surface area (Å²) in [4.78, 5) is 36.3. The number of thiophene rings is 3. The van der Waals surface area contributed by atoms with Crippen LogP contribution in [0, 0.1) is 0 Å². The van der Waals surface area contributed by atoms with Gasteiger partial charge in [0.05, 0.1) is 55.9 Å². The molecule has 0 unspecified atom stereocenters. The Morgan fingerprint density at radius 2 is 0.486 bits per heavy atom. The topological polar surface area (TPSA) is 105 Å². The zero-order chi connectivity index (χ0) is 91.1. The number of hydrogen-bond acceptors (Lipinski definition) is 10. The van der Waals surface area contributed by atoms with Crippen molar-refractivity contribution in [3.63, 3.8) is 0 Å². The lowest BCUT2D eigenvalue weighted by molar-refractivity contribution is 1.08. The lowest BCUT2D eigenvalue weighted by atomic mass is 10.0. The smallest absolute Gasteiger partial charge is 0.164 e. The van der Waals surface area contributed by atoms with Crippen molar-refractivity contribution in [2.75, 3.05) is 0 Å². The zero-order valence-electron chi connectivity index (χ0n) is 74.2. The minimum absolute atomic E-state index is 0.657. The van der Waals surface area contributed by atoms with Crippen molar-refractivity contribution in [1.29, 1.82) is 0 Å². The minimum atomic E-state index is 0.657. The largest absolute Gasteiger partial charge is 0.309 e. The molecule has 0 aliphatic carbocycles. The van der Waals surface area contributed by atoms with Crippen LogP contribution >= 0.6 is 34.0 Å². The maximum absolute atomic E-state index is 5.34. The van der Waals surface area contributed by atoms with Gasteiger partial charge in [-0.1, -0.05) is 340 Å². The molecule has 19 aromatic carbocycles. The van der Waals surface area contributed by atoms with Crippen molar-refractivity contribution in [2.24, 2.45) is 0 Å². The molecule has 28 rings (SSSR count). The average molecular weight is 1820 g/mol. The molecule has 138 heavy (non-hydrogen) atoms. The molecule has 0 bridgehead atoms. The Labute approximate surface area is 805 Å². The van der Waals surface area contributed by atoms with E-state index in [1.165, 1.54) is 98.7 Å². The number of nitrogens with zero attached hydrogens (tertiary/aromatic N) is 10. The molecule has 0 N–H and O–H groups in total. The Bertz CT molecular complexity index is 9590. The van der Waals surface area contributed by atoms with Gasteiger partial charge in [0.25, 0.3) is 0 Å². The van der Waals surface area contributed by atoms with E-state index in [-0.39, 0.29) is 0 Å². The van der Waals surface area contributed by atoms with Gasteiger partial charge in [-0.05, 0) is 145 Å². The van der Waals surface area contributed by atoms with Crippen LogP contribution in [0.15, 0.2) is 473 Å². The molecule has 0 amide bonds. The van der Waals surface area contributed by atoms with Gasteiger partial charge in [0.1, 0.15) is 0 Å². The molecule has 9 heterocycles. The normalized spacial score (nSPS) is 11.6. The first-order valence-electron chi connectivity index (χ1n) is 46.2. The summed E-state index contributed by atoms with van der Waals surface area (Å²) in [6.45, 7) is 0. The highest BCUT2D eigenvalue weighted by Gasteiger charge is 2.26. The molecular weight excluding hydrogens is 1740 g/mol. The van der Waals surface area contributed by atoms with Crippen molar-refractivity contribution in [3.8, 4) is 130 Å². The van der Waals surface area contributed by atoms with Crippen molar-refractivity contribution in [3.05, 3.63) is 473 Å². The Morgan fingerprint density at radius 3 is 1.09 bits per heavy atom. The number of benzene rings is 19. The molecule has 0 aliphatic heterocycles. The van der Waals surface area contributed by atoms with Crippen LogP contribution in [-0.2, 0) is 0 Å². The van der Waals surface area contributed by atoms with Crippen LogP contribution < -0.4 is 0 Å². The monoisotopic (exact) mass is 1810 g/mol. The summed E-state index contributed by atoms with van der Waals surface area (Å²) < 4.78 is 14.7. The summed E-state index contributed by atoms with van der Waals surface area (Å²) in [5.74, 6) is 3.40. The summed E-state index contributed by atoms with van der Waals surface area (Å²) in [6.07, 6.45) is 0. The van der Waals surface area contributed by atoms with Crippen molar-refractivity contribution < 1.29 is 0 Å². The first-order valence-corrected chi connectivity index (χ1v) is 48.7.